The molecule has 2 unspecified atom stereocenters. The summed E-state index contributed by atoms with van der Waals surface area (Å²) in [6.07, 6.45) is 3.27. The van der Waals surface area contributed by atoms with Gasteiger partial charge in [-0.25, -0.2) is 0 Å². The minimum atomic E-state index is -0.671. The van der Waals surface area contributed by atoms with Crippen molar-refractivity contribution >= 4 is 5.97 Å². The van der Waals surface area contributed by atoms with E-state index in [9.17, 15) is 4.79 Å². The molecule has 1 aliphatic heterocycles. The van der Waals surface area contributed by atoms with Crippen molar-refractivity contribution < 1.29 is 9.90 Å². The maximum atomic E-state index is 10.7. The van der Waals surface area contributed by atoms with Gasteiger partial charge in [0.1, 0.15) is 0 Å². The van der Waals surface area contributed by atoms with Crippen molar-refractivity contribution in [2.24, 2.45) is 5.92 Å². The highest BCUT2D eigenvalue weighted by Gasteiger charge is 2.23. The predicted molar refractivity (Wildman–Crippen MR) is 66.9 cm³/mol. The van der Waals surface area contributed by atoms with Gasteiger partial charge in [0, 0.05) is 12.5 Å². The number of nitrogens with one attached hydrogen (secondary N) is 1. The van der Waals surface area contributed by atoms with Crippen LogP contribution in [0.15, 0.2) is 30.3 Å². The molecule has 0 aromatic heterocycles. The highest BCUT2D eigenvalue weighted by Crippen LogP contribution is 2.21. The third-order valence-corrected chi connectivity index (χ3v) is 3.39. The van der Waals surface area contributed by atoms with Crippen molar-refractivity contribution in [3.63, 3.8) is 0 Å². The Morgan fingerprint density at radius 3 is 2.82 bits per heavy atom. The predicted octanol–water partition coefficient (Wildman–Crippen LogP) is 2.07. The maximum Gasteiger partial charge on any atom is 0.303 e. The minimum absolute atomic E-state index is 0.312. The van der Waals surface area contributed by atoms with Crippen molar-refractivity contribution in [2.45, 2.75) is 31.7 Å². The first kappa shape index (κ1) is 12.1. The van der Waals surface area contributed by atoms with E-state index < -0.39 is 5.97 Å². The Kier molecular flexibility index (Phi) is 4.15. The van der Waals surface area contributed by atoms with Gasteiger partial charge in [0.25, 0.3) is 0 Å². The van der Waals surface area contributed by atoms with Crippen LogP contribution < -0.4 is 5.32 Å². The van der Waals surface area contributed by atoms with Gasteiger partial charge in [0.15, 0.2) is 0 Å². The monoisotopic (exact) mass is 233 g/mol. The van der Waals surface area contributed by atoms with Crippen LogP contribution in [-0.4, -0.2) is 23.7 Å². The first-order chi connectivity index (χ1) is 8.24. The highest BCUT2D eigenvalue weighted by molar-refractivity contribution is 5.67. The molecule has 17 heavy (non-hydrogen) atoms. The molecule has 0 amide bonds. The van der Waals surface area contributed by atoms with Crippen LogP contribution in [0.1, 0.15) is 24.8 Å². The SMILES string of the molecule is O=C(O)CC1CCNC(Cc2ccccc2)C1. The number of benzene rings is 1. The normalized spacial score (nSPS) is 24.5. The van der Waals surface area contributed by atoms with E-state index in [0.29, 0.717) is 18.4 Å². The lowest BCUT2D eigenvalue weighted by molar-refractivity contribution is -0.138. The molecule has 0 spiro atoms. The Labute approximate surface area is 102 Å². The molecule has 1 aromatic carbocycles. The Morgan fingerprint density at radius 1 is 1.35 bits per heavy atom. The van der Waals surface area contributed by atoms with Crippen molar-refractivity contribution in [1.29, 1.82) is 0 Å². The summed E-state index contributed by atoms with van der Waals surface area (Å²) in [5.74, 6) is -0.335. The van der Waals surface area contributed by atoms with E-state index in [0.717, 1.165) is 25.8 Å². The molecule has 1 saturated heterocycles. The third-order valence-electron chi connectivity index (χ3n) is 3.39. The molecular weight excluding hydrogens is 214 g/mol. The van der Waals surface area contributed by atoms with Gasteiger partial charge in [-0.15, -0.1) is 0 Å². The smallest absolute Gasteiger partial charge is 0.303 e. The number of carbonyl (C=O) groups is 1. The minimum Gasteiger partial charge on any atom is -0.481 e. The average Bonchev–Trinajstić information content (AvgIpc) is 2.30. The largest absolute Gasteiger partial charge is 0.481 e. The second-order valence-corrected chi connectivity index (χ2v) is 4.83. The van der Waals surface area contributed by atoms with Crippen molar-refractivity contribution in [1.82, 2.24) is 5.32 Å². The molecule has 0 aliphatic carbocycles. The molecule has 2 N–H and O–H groups in total. The van der Waals surface area contributed by atoms with E-state index >= 15 is 0 Å². The summed E-state index contributed by atoms with van der Waals surface area (Å²) in [4.78, 5) is 10.7. The van der Waals surface area contributed by atoms with E-state index in [2.05, 4.69) is 17.4 Å². The lowest BCUT2D eigenvalue weighted by Crippen LogP contribution is -2.40. The summed E-state index contributed by atoms with van der Waals surface area (Å²) in [5.41, 5.74) is 1.32. The first-order valence-corrected chi connectivity index (χ1v) is 6.23. The number of rotatable bonds is 4. The van der Waals surface area contributed by atoms with Crippen LogP contribution >= 0.6 is 0 Å². The Bertz CT molecular complexity index is 364. The van der Waals surface area contributed by atoms with Gasteiger partial charge >= 0.3 is 5.97 Å². The van der Waals surface area contributed by atoms with Crippen LogP contribution in [0.2, 0.25) is 0 Å². The molecule has 1 aliphatic rings. The molecule has 3 nitrogen and oxygen atoms in total. The number of hydrogen-bond donors (Lipinski definition) is 2. The number of hydrogen-bond acceptors (Lipinski definition) is 2. The standard InChI is InChI=1S/C14H19NO2/c16-14(17)10-12-6-7-15-13(9-12)8-11-4-2-1-3-5-11/h1-5,12-13,15H,6-10H2,(H,16,17). The van der Waals surface area contributed by atoms with Crippen LogP contribution in [0.5, 0.6) is 0 Å². The van der Waals surface area contributed by atoms with Gasteiger partial charge < -0.3 is 10.4 Å². The van der Waals surface area contributed by atoms with E-state index in [-0.39, 0.29) is 0 Å². The van der Waals surface area contributed by atoms with Crippen LogP contribution in [0.4, 0.5) is 0 Å². The van der Waals surface area contributed by atoms with Gasteiger partial charge in [-0.2, -0.15) is 0 Å². The average molecular weight is 233 g/mol. The van der Waals surface area contributed by atoms with E-state index in [4.69, 9.17) is 5.11 Å². The Morgan fingerprint density at radius 2 is 2.12 bits per heavy atom. The second-order valence-electron chi connectivity index (χ2n) is 4.83. The molecule has 0 radical (unpaired) electrons. The summed E-state index contributed by atoms with van der Waals surface area (Å²) in [6.45, 7) is 0.940. The molecule has 2 rings (SSSR count). The molecule has 1 fully saturated rings. The topological polar surface area (TPSA) is 49.3 Å². The van der Waals surface area contributed by atoms with Crippen LogP contribution in [0.25, 0.3) is 0 Å². The van der Waals surface area contributed by atoms with E-state index in [1.54, 1.807) is 0 Å². The van der Waals surface area contributed by atoms with Gasteiger partial charge in [0.2, 0.25) is 0 Å². The number of carboxylic acid groups (broad SMARTS) is 1. The van der Waals surface area contributed by atoms with Crippen molar-refractivity contribution in [3.05, 3.63) is 35.9 Å². The number of piperidine rings is 1. The fourth-order valence-electron chi connectivity index (χ4n) is 2.58. The van der Waals surface area contributed by atoms with Gasteiger partial charge in [0.05, 0.1) is 0 Å². The third kappa shape index (κ3) is 3.86. The molecule has 0 bridgehead atoms. The summed E-state index contributed by atoms with van der Waals surface area (Å²) in [6, 6.07) is 10.8. The fourth-order valence-corrected chi connectivity index (χ4v) is 2.58. The zero-order valence-electron chi connectivity index (χ0n) is 9.93. The molecule has 3 heteroatoms. The van der Waals surface area contributed by atoms with Crippen molar-refractivity contribution in [3.8, 4) is 0 Å². The number of carboxylic acids is 1. The lowest BCUT2D eigenvalue weighted by Gasteiger charge is -2.29. The van der Waals surface area contributed by atoms with Gasteiger partial charge in [-0.3, -0.25) is 4.79 Å². The first-order valence-electron chi connectivity index (χ1n) is 6.23. The molecule has 1 heterocycles. The molecule has 0 saturated carbocycles. The molecule has 2 atom stereocenters. The summed E-state index contributed by atoms with van der Waals surface area (Å²) < 4.78 is 0. The van der Waals surface area contributed by atoms with Crippen LogP contribution in [0.3, 0.4) is 0 Å². The number of aliphatic carboxylic acids is 1. The zero-order valence-corrected chi connectivity index (χ0v) is 9.93. The van der Waals surface area contributed by atoms with E-state index in [1.807, 2.05) is 18.2 Å². The molecule has 1 aromatic rings. The van der Waals surface area contributed by atoms with Gasteiger partial charge in [-0.1, -0.05) is 30.3 Å². The fraction of sp³-hybridized carbons (Fsp3) is 0.500. The molecule has 92 valence electrons. The summed E-state index contributed by atoms with van der Waals surface area (Å²) in [7, 11) is 0. The summed E-state index contributed by atoms with van der Waals surface area (Å²) in [5, 5.41) is 12.3. The van der Waals surface area contributed by atoms with Crippen LogP contribution in [-0.2, 0) is 11.2 Å². The zero-order chi connectivity index (χ0) is 12.1. The Balaban J connectivity index is 1.87. The Hall–Kier alpha value is -1.35. The maximum absolute atomic E-state index is 10.7. The highest BCUT2D eigenvalue weighted by atomic mass is 16.4. The second kappa shape index (κ2) is 5.82. The molecular formula is C14H19NO2. The van der Waals surface area contributed by atoms with Crippen LogP contribution in [0, 0.1) is 5.92 Å². The van der Waals surface area contributed by atoms with E-state index in [1.165, 1.54) is 5.56 Å². The summed E-state index contributed by atoms with van der Waals surface area (Å²) >= 11 is 0. The van der Waals surface area contributed by atoms with Gasteiger partial charge in [-0.05, 0) is 37.3 Å². The quantitative estimate of drug-likeness (QED) is 0.837. The lowest BCUT2D eigenvalue weighted by atomic mass is 9.87. The van der Waals surface area contributed by atoms with Crippen molar-refractivity contribution in [2.75, 3.05) is 6.54 Å².